The van der Waals surface area contributed by atoms with Crippen LogP contribution in [0.4, 0.5) is 4.39 Å². The van der Waals surface area contributed by atoms with Crippen LogP contribution in [0.25, 0.3) is 0 Å². The van der Waals surface area contributed by atoms with Crippen molar-refractivity contribution in [3.63, 3.8) is 0 Å². The lowest BCUT2D eigenvalue weighted by atomic mass is 9.58. The molecule has 0 atom stereocenters. The van der Waals surface area contributed by atoms with Gasteiger partial charge in [0.15, 0.2) is 12.0 Å². The van der Waals surface area contributed by atoms with Gasteiger partial charge in [-0.3, -0.25) is 14.4 Å². The first-order valence-electron chi connectivity index (χ1n) is 10.1. The summed E-state index contributed by atoms with van der Waals surface area (Å²) >= 11 is 5.59. The molecule has 0 unspecified atom stereocenters. The largest absolute Gasteiger partial charge is 0.484 e. The molecule has 1 aliphatic rings. The van der Waals surface area contributed by atoms with Gasteiger partial charge in [0, 0.05) is 29.9 Å². The number of nitrogens with one attached hydrogen (secondary N) is 2. The minimum absolute atomic E-state index is 0.0356. The van der Waals surface area contributed by atoms with Crippen LogP contribution in [0.15, 0.2) is 41.3 Å². The van der Waals surface area contributed by atoms with Crippen LogP contribution in [0, 0.1) is 22.6 Å². The number of ether oxygens (including phenoxy) is 1. The summed E-state index contributed by atoms with van der Waals surface area (Å²) in [5, 5.41) is 11.3. The summed E-state index contributed by atoms with van der Waals surface area (Å²) < 4.78 is 18.6. The number of halogens is 2. The molecule has 0 radical (unpaired) electrons. The number of benzene rings is 1. The average molecular weight is 479 g/mol. The van der Waals surface area contributed by atoms with Gasteiger partial charge in [-0.05, 0) is 36.8 Å². The Hall–Kier alpha value is -3.38. The van der Waals surface area contributed by atoms with Gasteiger partial charge in [-0.1, -0.05) is 32.4 Å². The molecule has 0 bridgehead atoms. The van der Waals surface area contributed by atoms with Crippen molar-refractivity contribution < 1.29 is 18.7 Å². The Morgan fingerprint density at radius 2 is 2.00 bits per heavy atom. The number of H-pyrrole nitrogens is 1. The number of nitrogens with two attached hydrogens (primary N) is 1. The molecule has 0 aliphatic heterocycles. The fraction of sp³-hybridized carbons (Fsp3) is 0.391. The van der Waals surface area contributed by atoms with E-state index in [1.807, 2.05) is 6.07 Å². The Morgan fingerprint density at radius 3 is 2.45 bits per heavy atom. The number of carbonyl (C=O) groups is 2. The third-order valence-electron chi connectivity index (χ3n) is 4.87. The van der Waals surface area contributed by atoms with Crippen molar-refractivity contribution >= 4 is 23.9 Å². The first-order valence-corrected chi connectivity index (χ1v) is 10.5. The molecule has 1 fully saturated rings. The monoisotopic (exact) mass is 478 g/mol. The van der Waals surface area contributed by atoms with Crippen LogP contribution in [-0.4, -0.2) is 29.4 Å². The number of nitriles is 1. The van der Waals surface area contributed by atoms with Crippen LogP contribution in [0.1, 0.15) is 45.7 Å². The zero-order chi connectivity index (χ0) is 25.1. The van der Waals surface area contributed by atoms with Crippen molar-refractivity contribution in [3.05, 3.63) is 63.3 Å². The molecule has 33 heavy (non-hydrogen) atoms. The Bertz CT molecular complexity index is 1040. The highest BCUT2D eigenvalue weighted by Gasteiger charge is 2.48. The Labute approximate surface area is 196 Å². The van der Waals surface area contributed by atoms with Crippen LogP contribution in [-0.2, 0) is 9.59 Å². The SMILES string of the molecule is CCC1(NC(=O)COc2ccc(Cl)c(F)c2)CC(C)(C)C1.N#Cc1cc(=O)cc[nH]1.NC=O. The summed E-state index contributed by atoms with van der Waals surface area (Å²) in [5.41, 5.74) is 4.48. The number of pyridine rings is 1. The molecule has 2 aromatic rings. The van der Waals surface area contributed by atoms with E-state index < -0.39 is 5.82 Å². The second-order valence-corrected chi connectivity index (χ2v) is 8.66. The molecule has 1 aliphatic carbocycles. The summed E-state index contributed by atoms with van der Waals surface area (Å²) in [6.45, 7) is 6.34. The number of aromatic amines is 1. The molecule has 178 valence electrons. The minimum Gasteiger partial charge on any atom is -0.484 e. The number of nitrogens with zero attached hydrogens (tertiary/aromatic N) is 1. The molecule has 2 amide bonds. The third kappa shape index (κ3) is 9.33. The van der Waals surface area contributed by atoms with Gasteiger partial charge in [-0.25, -0.2) is 4.39 Å². The number of hydrogen-bond acceptors (Lipinski definition) is 5. The fourth-order valence-corrected chi connectivity index (χ4v) is 3.88. The third-order valence-corrected chi connectivity index (χ3v) is 5.18. The highest BCUT2D eigenvalue weighted by atomic mass is 35.5. The van der Waals surface area contributed by atoms with E-state index in [2.05, 4.69) is 36.8 Å². The second-order valence-electron chi connectivity index (χ2n) is 8.25. The van der Waals surface area contributed by atoms with Gasteiger partial charge in [0.25, 0.3) is 5.91 Å². The van der Waals surface area contributed by atoms with E-state index in [0.717, 1.165) is 19.3 Å². The molecule has 1 aromatic heterocycles. The van der Waals surface area contributed by atoms with Gasteiger partial charge < -0.3 is 20.8 Å². The van der Waals surface area contributed by atoms with Crippen molar-refractivity contribution in [1.82, 2.24) is 10.3 Å². The standard InChI is InChI=1S/C16H21ClFNO2.C6H4N2O.CH3NO/c1-4-16(9-15(2,3)10-16)19-14(20)8-21-11-5-6-12(17)13(18)7-11;7-4-5-3-6(9)1-2-8-5;2-1-3/h5-7H,4,8-10H2,1-3H3,(H,19,20);1-3H,(H,8,9);1H,(H2,2,3). The van der Waals surface area contributed by atoms with Gasteiger partial charge in [0.1, 0.15) is 23.3 Å². The van der Waals surface area contributed by atoms with Gasteiger partial charge in [-0.2, -0.15) is 5.26 Å². The lowest BCUT2D eigenvalue weighted by Gasteiger charge is -2.53. The highest BCUT2D eigenvalue weighted by molar-refractivity contribution is 6.30. The number of hydrogen-bond donors (Lipinski definition) is 3. The molecular formula is C23H28ClFN4O4. The van der Waals surface area contributed by atoms with E-state index in [1.54, 1.807) is 6.07 Å². The van der Waals surface area contributed by atoms with Crippen molar-refractivity contribution in [1.29, 1.82) is 5.26 Å². The van der Waals surface area contributed by atoms with Crippen LogP contribution in [0.2, 0.25) is 5.02 Å². The molecule has 3 rings (SSSR count). The summed E-state index contributed by atoms with van der Waals surface area (Å²) in [6.07, 6.45) is 4.54. The van der Waals surface area contributed by atoms with Crippen LogP contribution >= 0.6 is 11.6 Å². The maximum atomic E-state index is 13.3. The zero-order valence-corrected chi connectivity index (χ0v) is 19.5. The number of amides is 2. The van der Waals surface area contributed by atoms with Crippen LogP contribution < -0.4 is 21.2 Å². The predicted octanol–water partition coefficient (Wildman–Crippen LogP) is 3.29. The molecule has 0 spiro atoms. The Morgan fingerprint density at radius 1 is 1.36 bits per heavy atom. The van der Waals surface area contributed by atoms with Gasteiger partial charge in [-0.15, -0.1) is 0 Å². The van der Waals surface area contributed by atoms with Crippen LogP contribution in [0.5, 0.6) is 5.75 Å². The number of carbonyl (C=O) groups excluding carboxylic acids is 2. The lowest BCUT2D eigenvalue weighted by molar-refractivity contribution is -0.128. The summed E-state index contributed by atoms with van der Waals surface area (Å²) in [4.78, 5) is 33.6. The fourth-order valence-electron chi connectivity index (χ4n) is 3.76. The van der Waals surface area contributed by atoms with Crippen molar-refractivity contribution in [3.8, 4) is 11.8 Å². The summed E-state index contributed by atoms with van der Waals surface area (Å²) in [7, 11) is 0. The van der Waals surface area contributed by atoms with Gasteiger partial charge in [0.05, 0.1) is 5.02 Å². The first kappa shape index (κ1) is 27.7. The second kappa shape index (κ2) is 12.6. The minimum atomic E-state index is -0.555. The average Bonchev–Trinajstić information content (AvgIpc) is 2.74. The molecule has 1 heterocycles. The maximum absolute atomic E-state index is 13.3. The summed E-state index contributed by atoms with van der Waals surface area (Å²) in [6, 6.07) is 8.55. The van der Waals surface area contributed by atoms with E-state index in [4.69, 9.17) is 26.4 Å². The normalized spacial score (nSPS) is 14.5. The van der Waals surface area contributed by atoms with E-state index in [-0.39, 0.29) is 40.3 Å². The maximum Gasteiger partial charge on any atom is 0.258 e. The molecule has 1 aromatic carbocycles. The molecular weight excluding hydrogens is 451 g/mol. The molecule has 4 N–H and O–H groups in total. The Kier molecular flexibility index (Phi) is 10.6. The topological polar surface area (TPSA) is 138 Å². The highest BCUT2D eigenvalue weighted by Crippen LogP contribution is 2.49. The van der Waals surface area contributed by atoms with Crippen LogP contribution in [0.3, 0.4) is 0 Å². The molecule has 10 heteroatoms. The predicted molar refractivity (Wildman–Crippen MR) is 123 cm³/mol. The number of primary amides is 1. The quantitative estimate of drug-likeness (QED) is 0.566. The number of aromatic nitrogens is 1. The van der Waals surface area contributed by atoms with Crippen molar-refractivity contribution in [2.45, 2.75) is 45.6 Å². The van der Waals surface area contributed by atoms with Gasteiger partial charge >= 0.3 is 0 Å². The molecule has 0 saturated heterocycles. The Balaban J connectivity index is 0.000000375. The summed E-state index contributed by atoms with van der Waals surface area (Å²) in [5.74, 6) is -0.436. The van der Waals surface area contributed by atoms with Crippen molar-refractivity contribution in [2.75, 3.05) is 6.61 Å². The molecule has 8 nitrogen and oxygen atoms in total. The zero-order valence-electron chi connectivity index (χ0n) is 18.8. The number of rotatable bonds is 5. The lowest BCUT2D eigenvalue weighted by Crippen LogP contribution is -2.60. The van der Waals surface area contributed by atoms with Crippen molar-refractivity contribution in [2.24, 2.45) is 11.1 Å². The van der Waals surface area contributed by atoms with E-state index in [1.165, 1.54) is 30.5 Å². The van der Waals surface area contributed by atoms with E-state index in [0.29, 0.717) is 11.4 Å². The smallest absolute Gasteiger partial charge is 0.258 e. The van der Waals surface area contributed by atoms with E-state index >= 15 is 0 Å². The van der Waals surface area contributed by atoms with E-state index in [9.17, 15) is 14.0 Å². The van der Waals surface area contributed by atoms with Gasteiger partial charge in [0.2, 0.25) is 6.41 Å². The first-order chi connectivity index (χ1) is 15.5. The molecule has 1 saturated carbocycles.